The van der Waals surface area contributed by atoms with Gasteiger partial charge in [-0.15, -0.1) is 0 Å². The molecule has 0 saturated heterocycles. The minimum absolute atomic E-state index is 0.0445. The number of nitrogens with one attached hydrogen (secondary N) is 1. The minimum atomic E-state index is -3.45. The number of nitrogens with zero attached hydrogens (tertiary/aromatic N) is 1. The molecule has 1 aromatic carbocycles. The lowest BCUT2D eigenvalue weighted by Crippen LogP contribution is -2.03. The lowest BCUT2D eigenvalue weighted by molar-refractivity contribution is 0.210. The van der Waals surface area contributed by atoms with Crippen LogP contribution in [0, 0.1) is 5.82 Å². The van der Waals surface area contributed by atoms with E-state index in [1.807, 2.05) is 0 Å². The number of aliphatic hydroxyl groups excluding tert-OH is 1. The van der Waals surface area contributed by atoms with Crippen molar-refractivity contribution in [1.82, 2.24) is 9.97 Å². The van der Waals surface area contributed by atoms with Gasteiger partial charge in [0.2, 0.25) is 0 Å². The fraction of sp³-hybridized carbons (Fsp3) is 0.182. The maximum absolute atomic E-state index is 13.0. The Bertz CT molecular complexity index is 714. The quantitative estimate of drug-likeness (QED) is 0.904. The molecule has 2 N–H and O–H groups in total. The Labute approximate surface area is 114 Å². The molecule has 0 aliphatic rings. The summed E-state index contributed by atoms with van der Waals surface area (Å²) in [5.41, 5.74) is 0.306. The van der Waals surface area contributed by atoms with E-state index in [0.717, 1.165) is 12.3 Å². The van der Waals surface area contributed by atoms with Gasteiger partial charge in [-0.1, -0.05) is 17.7 Å². The Balaban J connectivity index is 2.36. The predicted molar refractivity (Wildman–Crippen MR) is 67.2 cm³/mol. The molecule has 2 rings (SSSR count). The zero-order valence-electron chi connectivity index (χ0n) is 9.76. The second kappa shape index (κ2) is 4.92. The van der Waals surface area contributed by atoms with Gasteiger partial charge in [-0.2, -0.15) is 0 Å². The van der Waals surface area contributed by atoms with Gasteiger partial charge in [0.05, 0.1) is 5.02 Å². The van der Waals surface area contributed by atoms with E-state index in [4.69, 9.17) is 11.6 Å². The van der Waals surface area contributed by atoms with Crippen molar-refractivity contribution in [3.8, 4) is 0 Å². The molecule has 19 heavy (non-hydrogen) atoms. The van der Waals surface area contributed by atoms with E-state index < -0.39 is 21.8 Å². The first-order valence-corrected chi connectivity index (χ1v) is 7.44. The SMILES string of the molecule is CS(=O)(=O)c1c[nH]c(C(O)c2ccc(F)c(Cl)c2)n1. The van der Waals surface area contributed by atoms with Gasteiger partial charge in [-0.05, 0) is 17.7 Å². The van der Waals surface area contributed by atoms with E-state index in [-0.39, 0.29) is 15.9 Å². The van der Waals surface area contributed by atoms with Crippen molar-refractivity contribution in [2.75, 3.05) is 6.26 Å². The standard InChI is InChI=1S/C11H10ClFN2O3S/c1-19(17,18)9-5-14-11(15-9)10(16)6-2-3-8(13)7(12)4-6/h2-5,10,16H,1H3,(H,14,15). The zero-order chi connectivity index (χ0) is 14.2. The highest BCUT2D eigenvalue weighted by Crippen LogP contribution is 2.24. The molecule has 0 bridgehead atoms. The van der Waals surface area contributed by atoms with Crippen molar-refractivity contribution in [1.29, 1.82) is 0 Å². The van der Waals surface area contributed by atoms with E-state index in [0.29, 0.717) is 5.56 Å². The van der Waals surface area contributed by atoms with Gasteiger partial charge >= 0.3 is 0 Å². The number of aliphatic hydroxyl groups is 1. The minimum Gasteiger partial charge on any atom is -0.380 e. The number of hydrogen-bond acceptors (Lipinski definition) is 4. The first kappa shape index (κ1) is 14.0. The van der Waals surface area contributed by atoms with E-state index in [9.17, 15) is 17.9 Å². The van der Waals surface area contributed by atoms with Crippen molar-refractivity contribution in [2.45, 2.75) is 11.1 Å². The average Bonchev–Trinajstić information content (AvgIpc) is 2.81. The molecule has 1 heterocycles. The molecule has 0 spiro atoms. The molecule has 1 atom stereocenters. The summed E-state index contributed by atoms with van der Waals surface area (Å²) in [5, 5.41) is 9.71. The van der Waals surface area contributed by atoms with Crippen LogP contribution in [0.3, 0.4) is 0 Å². The number of H-pyrrole nitrogens is 1. The third-order valence-electron chi connectivity index (χ3n) is 2.47. The van der Waals surface area contributed by atoms with Gasteiger partial charge in [0, 0.05) is 12.5 Å². The highest BCUT2D eigenvalue weighted by Gasteiger charge is 2.19. The maximum atomic E-state index is 13.0. The molecule has 0 aliphatic carbocycles. The van der Waals surface area contributed by atoms with Crippen LogP contribution in [0.25, 0.3) is 0 Å². The summed E-state index contributed by atoms with van der Waals surface area (Å²) in [7, 11) is -3.45. The van der Waals surface area contributed by atoms with Gasteiger partial charge in [0.1, 0.15) is 17.7 Å². The molecule has 5 nitrogen and oxygen atoms in total. The molecular weight excluding hydrogens is 295 g/mol. The molecule has 0 aliphatic heterocycles. The third kappa shape index (κ3) is 2.94. The fourth-order valence-corrected chi connectivity index (χ4v) is 2.22. The van der Waals surface area contributed by atoms with Crippen LogP contribution in [0.15, 0.2) is 29.4 Å². The summed E-state index contributed by atoms with van der Waals surface area (Å²) in [6, 6.07) is 3.71. The summed E-state index contributed by atoms with van der Waals surface area (Å²) in [6.45, 7) is 0. The van der Waals surface area contributed by atoms with E-state index in [1.54, 1.807) is 0 Å². The first-order chi connectivity index (χ1) is 8.79. The molecule has 0 saturated carbocycles. The van der Waals surface area contributed by atoms with Crippen LogP contribution in [0.1, 0.15) is 17.5 Å². The monoisotopic (exact) mass is 304 g/mol. The fourth-order valence-electron chi connectivity index (χ4n) is 1.49. The smallest absolute Gasteiger partial charge is 0.194 e. The average molecular weight is 305 g/mol. The van der Waals surface area contributed by atoms with Crippen molar-refractivity contribution in [3.05, 3.63) is 46.6 Å². The summed E-state index contributed by atoms with van der Waals surface area (Å²) >= 11 is 5.61. The topological polar surface area (TPSA) is 83.0 Å². The Morgan fingerprint density at radius 1 is 1.47 bits per heavy atom. The van der Waals surface area contributed by atoms with Crippen LogP contribution in [0.2, 0.25) is 5.02 Å². The van der Waals surface area contributed by atoms with Crippen molar-refractivity contribution >= 4 is 21.4 Å². The number of aromatic amines is 1. The summed E-state index contributed by atoms with van der Waals surface area (Å²) < 4.78 is 35.5. The van der Waals surface area contributed by atoms with Crippen LogP contribution >= 0.6 is 11.6 Å². The number of sulfone groups is 1. The van der Waals surface area contributed by atoms with Crippen molar-refractivity contribution < 1.29 is 17.9 Å². The number of aromatic nitrogens is 2. The molecular formula is C11H10ClFN2O3S. The van der Waals surface area contributed by atoms with Crippen LogP contribution in [-0.2, 0) is 9.84 Å². The second-order valence-corrected chi connectivity index (χ2v) is 6.34. The second-order valence-electron chi connectivity index (χ2n) is 3.97. The Kier molecular flexibility index (Phi) is 3.62. The number of hydrogen-bond donors (Lipinski definition) is 2. The highest BCUT2D eigenvalue weighted by molar-refractivity contribution is 7.90. The Hall–Kier alpha value is -1.44. The third-order valence-corrected chi connectivity index (χ3v) is 3.73. The van der Waals surface area contributed by atoms with Gasteiger partial charge in [0.25, 0.3) is 0 Å². The number of benzene rings is 1. The maximum Gasteiger partial charge on any atom is 0.194 e. The molecule has 0 amide bonds. The van der Waals surface area contributed by atoms with E-state index in [2.05, 4.69) is 9.97 Å². The molecule has 8 heteroatoms. The number of imidazole rings is 1. The molecule has 0 fully saturated rings. The highest BCUT2D eigenvalue weighted by atomic mass is 35.5. The molecule has 1 unspecified atom stereocenters. The van der Waals surface area contributed by atoms with Gasteiger partial charge in [-0.25, -0.2) is 17.8 Å². The number of rotatable bonds is 3. The van der Waals surface area contributed by atoms with Gasteiger partial charge in [0.15, 0.2) is 14.9 Å². The number of halogens is 2. The molecule has 1 aromatic heterocycles. The molecule has 2 aromatic rings. The molecule has 0 radical (unpaired) electrons. The first-order valence-electron chi connectivity index (χ1n) is 5.17. The van der Waals surface area contributed by atoms with Crippen LogP contribution in [-0.4, -0.2) is 29.7 Å². The van der Waals surface area contributed by atoms with Crippen LogP contribution in [0.4, 0.5) is 4.39 Å². The van der Waals surface area contributed by atoms with Crippen molar-refractivity contribution in [2.24, 2.45) is 0 Å². The normalized spacial score (nSPS) is 13.5. The predicted octanol–water partition coefficient (Wildman–Crippen LogP) is 1.69. The summed E-state index contributed by atoms with van der Waals surface area (Å²) in [4.78, 5) is 6.35. The van der Waals surface area contributed by atoms with Crippen LogP contribution < -0.4 is 0 Å². The van der Waals surface area contributed by atoms with Gasteiger partial charge < -0.3 is 10.1 Å². The Morgan fingerprint density at radius 2 is 2.16 bits per heavy atom. The lowest BCUT2D eigenvalue weighted by atomic mass is 10.1. The largest absolute Gasteiger partial charge is 0.380 e. The van der Waals surface area contributed by atoms with Gasteiger partial charge in [-0.3, -0.25) is 0 Å². The van der Waals surface area contributed by atoms with E-state index in [1.165, 1.54) is 18.3 Å². The van der Waals surface area contributed by atoms with Crippen LogP contribution in [0.5, 0.6) is 0 Å². The van der Waals surface area contributed by atoms with E-state index >= 15 is 0 Å². The molecule has 102 valence electrons. The summed E-state index contributed by atoms with van der Waals surface area (Å²) in [5.74, 6) is -0.558. The zero-order valence-corrected chi connectivity index (χ0v) is 11.3. The van der Waals surface area contributed by atoms with Crippen molar-refractivity contribution in [3.63, 3.8) is 0 Å². The Morgan fingerprint density at radius 3 is 2.68 bits per heavy atom. The summed E-state index contributed by atoms with van der Waals surface area (Å²) in [6.07, 6.45) is 0.973. The lowest BCUT2D eigenvalue weighted by Gasteiger charge is -2.08.